The van der Waals surface area contributed by atoms with E-state index in [9.17, 15) is 9.18 Å². The average molecular weight is 336 g/mol. The minimum absolute atomic E-state index is 0.0428. The zero-order chi connectivity index (χ0) is 16.4. The SMILES string of the molecule is C[C@H](NC(=O)c1ccc(Cl)cc1F)c1ccc2c(c1)OCCO2. The number of ether oxygens (including phenoxy) is 2. The molecule has 6 heteroatoms. The molecule has 1 aliphatic heterocycles. The van der Waals surface area contributed by atoms with Crippen molar-refractivity contribution in [2.75, 3.05) is 13.2 Å². The van der Waals surface area contributed by atoms with E-state index in [1.54, 1.807) is 6.07 Å². The molecular weight excluding hydrogens is 321 g/mol. The minimum atomic E-state index is -0.649. The number of hydrogen-bond acceptors (Lipinski definition) is 3. The molecule has 0 aromatic heterocycles. The zero-order valence-corrected chi connectivity index (χ0v) is 13.2. The third kappa shape index (κ3) is 3.40. The van der Waals surface area contributed by atoms with Crippen LogP contribution in [0.3, 0.4) is 0 Å². The van der Waals surface area contributed by atoms with Crippen LogP contribution in [0.2, 0.25) is 5.02 Å². The van der Waals surface area contributed by atoms with Crippen LogP contribution < -0.4 is 14.8 Å². The molecule has 0 fully saturated rings. The number of amides is 1. The molecule has 4 nitrogen and oxygen atoms in total. The Kier molecular flexibility index (Phi) is 4.39. The van der Waals surface area contributed by atoms with E-state index >= 15 is 0 Å². The van der Waals surface area contributed by atoms with E-state index in [0.717, 1.165) is 11.6 Å². The van der Waals surface area contributed by atoms with Gasteiger partial charge in [-0.3, -0.25) is 4.79 Å². The van der Waals surface area contributed by atoms with E-state index in [1.165, 1.54) is 12.1 Å². The van der Waals surface area contributed by atoms with E-state index in [0.29, 0.717) is 24.7 Å². The molecule has 0 spiro atoms. The number of nitrogens with one attached hydrogen (secondary N) is 1. The smallest absolute Gasteiger partial charge is 0.254 e. The number of carbonyl (C=O) groups is 1. The van der Waals surface area contributed by atoms with Gasteiger partial charge in [0.1, 0.15) is 19.0 Å². The summed E-state index contributed by atoms with van der Waals surface area (Å²) in [5.41, 5.74) is 0.802. The summed E-state index contributed by atoms with van der Waals surface area (Å²) in [7, 11) is 0. The van der Waals surface area contributed by atoms with Gasteiger partial charge in [0, 0.05) is 5.02 Å². The molecule has 1 N–H and O–H groups in total. The lowest BCUT2D eigenvalue weighted by molar-refractivity contribution is 0.0935. The highest BCUT2D eigenvalue weighted by Gasteiger charge is 2.18. The maximum absolute atomic E-state index is 13.8. The highest BCUT2D eigenvalue weighted by Crippen LogP contribution is 2.32. The Labute approximate surface area is 138 Å². The molecule has 1 amide bonds. The summed E-state index contributed by atoms with van der Waals surface area (Å²) in [5, 5.41) is 3.01. The van der Waals surface area contributed by atoms with Gasteiger partial charge in [0.25, 0.3) is 5.91 Å². The molecule has 1 atom stereocenters. The first-order valence-electron chi connectivity index (χ1n) is 7.20. The van der Waals surface area contributed by atoms with Crippen molar-refractivity contribution in [3.8, 4) is 11.5 Å². The number of fused-ring (bicyclic) bond motifs is 1. The quantitative estimate of drug-likeness (QED) is 0.929. The highest BCUT2D eigenvalue weighted by atomic mass is 35.5. The number of carbonyl (C=O) groups excluding carboxylic acids is 1. The van der Waals surface area contributed by atoms with Crippen LogP contribution in [0.25, 0.3) is 0 Å². The molecule has 0 saturated heterocycles. The van der Waals surface area contributed by atoms with Crippen LogP contribution in [-0.2, 0) is 0 Å². The molecule has 3 rings (SSSR count). The highest BCUT2D eigenvalue weighted by molar-refractivity contribution is 6.30. The van der Waals surface area contributed by atoms with Crippen molar-refractivity contribution in [1.29, 1.82) is 0 Å². The minimum Gasteiger partial charge on any atom is -0.486 e. The molecule has 23 heavy (non-hydrogen) atoms. The van der Waals surface area contributed by atoms with Crippen molar-refractivity contribution in [1.82, 2.24) is 5.32 Å². The molecular formula is C17H15ClFNO3. The molecule has 1 heterocycles. The molecule has 120 valence electrons. The Balaban J connectivity index is 1.76. The Hall–Kier alpha value is -2.27. The molecule has 0 saturated carbocycles. The second-order valence-electron chi connectivity index (χ2n) is 5.22. The van der Waals surface area contributed by atoms with Gasteiger partial charge < -0.3 is 14.8 Å². The number of hydrogen-bond donors (Lipinski definition) is 1. The number of rotatable bonds is 3. The van der Waals surface area contributed by atoms with Gasteiger partial charge in [0.2, 0.25) is 0 Å². The largest absolute Gasteiger partial charge is 0.486 e. The van der Waals surface area contributed by atoms with Crippen molar-refractivity contribution in [2.45, 2.75) is 13.0 Å². The van der Waals surface area contributed by atoms with E-state index in [-0.39, 0.29) is 16.6 Å². The molecule has 1 aliphatic rings. The molecule has 0 bridgehead atoms. The van der Waals surface area contributed by atoms with Crippen LogP contribution in [0.5, 0.6) is 11.5 Å². The predicted molar refractivity (Wildman–Crippen MR) is 84.7 cm³/mol. The van der Waals surface area contributed by atoms with Crippen LogP contribution >= 0.6 is 11.6 Å². The van der Waals surface area contributed by atoms with Gasteiger partial charge in [-0.25, -0.2) is 4.39 Å². The molecule has 0 radical (unpaired) electrons. The van der Waals surface area contributed by atoms with Gasteiger partial charge in [-0.2, -0.15) is 0 Å². The lowest BCUT2D eigenvalue weighted by Gasteiger charge is -2.21. The lowest BCUT2D eigenvalue weighted by Crippen LogP contribution is -2.27. The van der Waals surface area contributed by atoms with E-state index in [1.807, 2.05) is 19.1 Å². The van der Waals surface area contributed by atoms with Crippen LogP contribution in [-0.4, -0.2) is 19.1 Å². The normalized spacial score (nSPS) is 14.2. The lowest BCUT2D eigenvalue weighted by atomic mass is 10.1. The summed E-state index contributed by atoms with van der Waals surface area (Å²) in [6, 6.07) is 9.11. The maximum atomic E-state index is 13.8. The zero-order valence-electron chi connectivity index (χ0n) is 12.4. The fourth-order valence-electron chi connectivity index (χ4n) is 2.36. The van der Waals surface area contributed by atoms with Crippen molar-refractivity contribution in [2.24, 2.45) is 0 Å². The van der Waals surface area contributed by atoms with E-state index in [4.69, 9.17) is 21.1 Å². The Morgan fingerprint density at radius 2 is 1.91 bits per heavy atom. The predicted octanol–water partition coefficient (Wildman–Crippen LogP) is 3.74. The Morgan fingerprint density at radius 1 is 1.17 bits per heavy atom. The van der Waals surface area contributed by atoms with Crippen molar-refractivity contribution >= 4 is 17.5 Å². The second kappa shape index (κ2) is 6.46. The molecule has 0 unspecified atom stereocenters. The summed E-state index contributed by atoms with van der Waals surface area (Å²) >= 11 is 5.69. The molecule has 2 aromatic rings. The molecule has 0 aliphatic carbocycles. The van der Waals surface area contributed by atoms with Crippen molar-refractivity contribution in [3.63, 3.8) is 0 Å². The van der Waals surface area contributed by atoms with Crippen LogP contribution in [0.4, 0.5) is 4.39 Å². The van der Waals surface area contributed by atoms with Crippen molar-refractivity contribution in [3.05, 3.63) is 58.4 Å². The van der Waals surface area contributed by atoms with E-state index < -0.39 is 11.7 Å². The van der Waals surface area contributed by atoms with Gasteiger partial charge >= 0.3 is 0 Å². The summed E-state index contributed by atoms with van der Waals surface area (Å²) in [5.74, 6) is 0.181. The summed E-state index contributed by atoms with van der Waals surface area (Å²) in [6.07, 6.45) is 0. The summed E-state index contributed by atoms with van der Waals surface area (Å²) in [4.78, 5) is 12.2. The monoisotopic (exact) mass is 335 g/mol. The average Bonchev–Trinajstić information content (AvgIpc) is 2.54. The van der Waals surface area contributed by atoms with Gasteiger partial charge in [0.15, 0.2) is 11.5 Å². The van der Waals surface area contributed by atoms with Crippen molar-refractivity contribution < 1.29 is 18.7 Å². The second-order valence-corrected chi connectivity index (χ2v) is 5.66. The van der Waals surface area contributed by atoms with Crippen LogP contribution in [0, 0.1) is 5.82 Å². The van der Waals surface area contributed by atoms with E-state index in [2.05, 4.69) is 5.32 Å². The first-order chi connectivity index (χ1) is 11.0. The Morgan fingerprint density at radius 3 is 2.65 bits per heavy atom. The number of benzene rings is 2. The van der Waals surface area contributed by atoms with Crippen LogP contribution in [0.1, 0.15) is 28.9 Å². The fraction of sp³-hybridized carbons (Fsp3) is 0.235. The van der Waals surface area contributed by atoms with Gasteiger partial charge in [-0.15, -0.1) is 0 Å². The fourth-order valence-corrected chi connectivity index (χ4v) is 2.52. The first-order valence-corrected chi connectivity index (χ1v) is 7.58. The maximum Gasteiger partial charge on any atom is 0.254 e. The molecule has 2 aromatic carbocycles. The van der Waals surface area contributed by atoms with Gasteiger partial charge in [0.05, 0.1) is 11.6 Å². The topological polar surface area (TPSA) is 47.6 Å². The third-order valence-electron chi connectivity index (χ3n) is 3.59. The van der Waals surface area contributed by atoms with Gasteiger partial charge in [-0.1, -0.05) is 17.7 Å². The third-order valence-corrected chi connectivity index (χ3v) is 3.82. The number of halogens is 2. The van der Waals surface area contributed by atoms with Gasteiger partial charge in [-0.05, 0) is 42.8 Å². The summed E-state index contributed by atoms with van der Waals surface area (Å²) < 4.78 is 24.8. The first kappa shape index (κ1) is 15.6. The van der Waals surface area contributed by atoms with Crippen LogP contribution in [0.15, 0.2) is 36.4 Å². The standard InChI is InChI=1S/C17H15ClFNO3/c1-10(11-2-5-15-16(8-11)23-7-6-22-15)20-17(21)13-4-3-12(18)9-14(13)19/h2-5,8-10H,6-7H2,1H3,(H,20,21)/t10-/m0/s1. The Bertz CT molecular complexity index is 751. The summed E-state index contributed by atoms with van der Waals surface area (Å²) in [6.45, 7) is 2.83.